The smallest absolute Gasteiger partial charge is 0.247 e. The minimum Gasteiger partial charge on any atom is -0.496 e. The average Bonchev–Trinajstić information content (AvgIpc) is 3.38. The van der Waals surface area contributed by atoms with Gasteiger partial charge in [-0.1, -0.05) is 36.4 Å². The highest BCUT2D eigenvalue weighted by Crippen LogP contribution is 2.34. The maximum absolute atomic E-state index is 12.8. The standard InChI is InChI=1S/C23H23N3O2/c1-15(23(27)26-19-11-10-16-6-3-4-8-18(16)19)12-17-7-5-9-21(28-2)22(17)20-13-24-14-25-20/h3-9,12-14,19H,10-11H2,1-2H3,(H,24,25)(H,26,27). The number of aromatic amines is 1. The lowest BCUT2D eigenvalue weighted by molar-refractivity contribution is -0.118. The third-order valence-corrected chi connectivity index (χ3v) is 5.21. The van der Waals surface area contributed by atoms with Gasteiger partial charge in [0, 0.05) is 11.1 Å². The first-order chi connectivity index (χ1) is 13.7. The van der Waals surface area contributed by atoms with E-state index in [2.05, 4.69) is 27.4 Å². The van der Waals surface area contributed by atoms with Crippen LogP contribution >= 0.6 is 0 Å². The van der Waals surface area contributed by atoms with Crippen molar-refractivity contribution in [3.63, 3.8) is 0 Å². The number of aromatic nitrogens is 2. The van der Waals surface area contributed by atoms with Crippen molar-refractivity contribution < 1.29 is 9.53 Å². The number of hydrogen-bond donors (Lipinski definition) is 2. The molecule has 1 aliphatic rings. The Morgan fingerprint density at radius 1 is 1.25 bits per heavy atom. The molecule has 0 fully saturated rings. The number of amides is 1. The van der Waals surface area contributed by atoms with Gasteiger partial charge in [-0.05, 0) is 48.6 Å². The SMILES string of the molecule is COc1cccc(C=C(C)C(=O)NC2CCc3ccccc32)c1-c1cnc[nH]1. The van der Waals surface area contributed by atoms with Gasteiger partial charge in [0.2, 0.25) is 5.91 Å². The molecule has 1 aliphatic carbocycles. The van der Waals surface area contributed by atoms with E-state index in [0.29, 0.717) is 5.57 Å². The summed E-state index contributed by atoms with van der Waals surface area (Å²) in [6.07, 6.45) is 7.22. The minimum absolute atomic E-state index is 0.0555. The average molecular weight is 373 g/mol. The molecule has 2 N–H and O–H groups in total. The van der Waals surface area contributed by atoms with Gasteiger partial charge in [-0.3, -0.25) is 4.79 Å². The van der Waals surface area contributed by atoms with Gasteiger partial charge in [0.25, 0.3) is 0 Å². The summed E-state index contributed by atoms with van der Waals surface area (Å²) in [7, 11) is 1.64. The van der Waals surface area contributed by atoms with E-state index in [4.69, 9.17) is 4.74 Å². The van der Waals surface area contributed by atoms with Gasteiger partial charge in [0.15, 0.2) is 0 Å². The van der Waals surface area contributed by atoms with E-state index < -0.39 is 0 Å². The molecule has 2 aromatic carbocycles. The zero-order valence-corrected chi connectivity index (χ0v) is 16.0. The number of carbonyl (C=O) groups is 1. The van der Waals surface area contributed by atoms with E-state index in [1.54, 1.807) is 19.6 Å². The summed E-state index contributed by atoms with van der Waals surface area (Å²) in [4.78, 5) is 20.1. The van der Waals surface area contributed by atoms with Gasteiger partial charge in [-0.15, -0.1) is 0 Å². The fraction of sp³-hybridized carbons (Fsp3) is 0.217. The molecule has 1 heterocycles. The van der Waals surface area contributed by atoms with Crippen LogP contribution in [0.25, 0.3) is 17.3 Å². The third kappa shape index (κ3) is 3.43. The van der Waals surface area contributed by atoms with E-state index in [1.807, 2.05) is 43.3 Å². The molecular weight excluding hydrogens is 350 g/mol. The molecule has 0 saturated carbocycles. The highest BCUT2D eigenvalue weighted by molar-refractivity contribution is 5.98. The number of aryl methyl sites for hydroxylation is 1. The van der Waals surface area contributed by atoms with Crippen molar-refractivity contribution in [2.45, 2.75) is 25.8 Å². The molecule has 0 saturated heterocycles. The highest BCUT2D eigenvalue weighted by Gasteiger charge is 2.23. The number of ether oxygens (including phenoxy) is 1. The number of nitrogens with zero attached hydrogens (tertiary/aromatic N) is 1. The van der Waals surface area contributed by atoms with Crippen LogP contribution in [-0.4, -0.2) is 23.0 Å². The molecule has 142 valence electrons. The van der Waals surface area contributed by atoms with Crippen molar-refractivity contribution in [3.05, 3.63) is 77.3 Å². The maximum atomic E-state index is 12.8. The van der Waals surface area contributed by atoms with E-state index >= 15 is 0 Å². The Hall–Kier alpha value is -3.34. The third-order valence-electron chi connectivity index (χ3n) is 5.21. The number of imidazole rings is 1. The zero-order valence-electron chi connectivity index (χ0n) is 16.0. The first-order valence-corrected chi connectivity index (χ1v) is 9.40. The van der Waals surface area contributed by atoms with E-state index in [0.717, 1.165) is 35.4 Å². The maximum Gasteiger partial charge on any atom is 0.247 e. The molecular formula is C23H23N3O2. The lowest BCUT2D eigenvalue weighted by atomic mass is 10.0. The molecule has 1 amide bonds. The van der Waals surface area contributed by atoms with E-state index in [-0.39, 0.29) is 11.9 Å². The molecule has 0 aliphatic heterocycles. The number of methoxy groups -OCH3 is 1. The molecule has 0 radical (unpaired) electrons. The van der Waals surface area contributed by atoms with Crippen LogP contribution in [0.5, 0.6) is 5.75 Å². The predicted molar refractivity (Wildman–Crippen MR) is 110 cm³/mol. The lowest BCUT2D eigenvalue weighted by Crippen LogP contribution is -2.27. The Bertz CT molecular complexity index is 1020. The van der Waals surface area contributed by atoms with Crippen LogP contribution in [0.3, 0.4) is 0 Å². The van der Waals surface area contributed by atoms with Crippen molar-refractivity contribution in [3.8, 4) is 17.0 Å². The topological polar surface area (TPSA) is 67.0 Å². The molecule has 1 unspecified atom stereocenters. The molecule has 0 bridgehead atoms. The fourth-order valence-corrected chi connectivity index (χ4v) is 3.80. The molecule has 5 heteroatoms. The van der Waals surface area contributed by atoms with Crippen LogP contribution in [-0.2, 0) is 11.2 Å². The number of nitrogens with one attached hydrogen (secondary N) is 2. The summed E-state index contributed by atoms with van der Waals surface area (Å²) >= 11 is 0. The zero-order chi connectivity index (χ0) is 19.5. The summed E-state index contributed by atoms with van der Waals surface area (Å²) in [6, 6.07) is 14.2. The first-order valence-electron chi connectivity index (χ1n) is 9.40. The number of benzene rings is 2. The Labute approximate surface area is 164 Å². The monoisotopic (exact) mass is 373 g/mol. The van der Waals surface area contributed by atoms with Crippen molar-refractivity contribution in [2.24, 2.45) is 0 Å². The highest BCUT2D eigenvalue weighted by atomic mass is 16.5. The van der Waals surface area contributed by atoms with Crippen LogP contribution in [0, 0.1) is 0 Å². The largest absolute Gasteiger partial charge is 0.496 e. The summed E-state index contributed by atoms with van der Waals surface area (Å²) < 4.78 is 5.52. The Morgan fingerprint density at radius 2 is 2.11 bits per heavy atom. The number of fused-ring (bicyclic) bond motifs is 1. The van der Waals surface area contributed by atoms with Crippen molar-refractivity contribution in [2.75, 3.05) is 7.11 Å². The Balaban J connectivity index is 1.60. The fourth-order valence-electron chi connectivity index (χ4n) is 3.80. The van der Waals surface area contributed by atoms with E-state index in [1.165, 1.54) is 11.1 Å². The lowest BCUT2D eigenvalue weighted by Gasteiger charge is -2.15. The van der Waals surface area contributed by atoms with Gasteiger partial charge in [-0.2, -0.15) is 0 Å². The van der Waals surface area contributed by atoms with Gasteiger partial charge in [0.1, 0.15) is 5.75 Å². The number of carbonyl (C=O) groups excluding carboxylic acids is 1. The van der Waals surface area contributed by atoms with Crippen LogP contribution < -0.4 is 10.1 Å². The molecule has 28 heavy (non-hydrogen) atoms. The van der Waals surface area contributed by atoms with Crippen LogP contribution in [0.1, 0.15) is 36.1 Å². The normalized spacial score (nSPS) is 15.9. The molecule has 1 atom stereocenters. The first kappa shape index (κ1) is 18.0. The Kier molecular flexibility index (Phi) is 4.98. The molecule has 5 nitrogen and oxygen atoms in total. The second-order valence-corrected chi connectivity index (χ2v) is 6.98. The van der Waals surface area contributed by atoms with Crippen LogP contribution in [0.15, 0.2) is 60.6 Å². The minimum atomic E-state index is -0.0555. The molecule has 4 rings (SSSR count). The molecule has 3 aromatic rings. The molecule has 1 aromatic heterocycles. The predicted octanol–water partition coefficient (Wildman–Crippen LogP) is 4.29. The summed E-state index contributed by atoms with van der Waals surface area (Å²) in [5, 5.41) is 3.18. The molecule has 0 spiro atoms. The number of rotatable bonds is 5. The van der Waals surface area contributed by atoms with Gasteiger partial charge >= 0.3 is 0 Å². The summed E-state index contributed by atoms with van der Waals surface area (Å²) in [6.45, 7) is 1.84. The summed E-state index contributed by atoms with van der Waals surface area (Å²) in [5.74, 6) is 0.677. The van der Waals surface area contributed by atoms with Crippen LogP contribution in [0.4, 0.5) is 0 Å². The number of H-pyrrole nitrogens is 1. The van der Waals surface area contributed by atoms with Crippen LogP contribution in [0.2, 0.25) is 0 Å². The van der Waals surface area contributed by atoms with Crippen molar-refractivity contribution in [1.82, 2.24) is 15.3 Å². The Morgan fingerprint density at radius 3 is 2.89 bits per heavy atom. The summed E-state index contributed by atoms with van der Waals surface area (Å²) in [5.41, 5.74) is 5.84. The quantitative estimate of drug-likeness (QED) is 0.656. The van der Waals surface area contributed by atoms with Crippen molar-refractivity contribution in [1.29, 1.82) is 0 Å². The van der Waals surface area contributed by atoms with Gasteiger partial charge in [0.05, 0.1) is 31.4 Å². The van der Waals surface area contributed by atoms with Crippen molar-refractivity contribution >= 4 is 12.0 Å². The second kappa shape index (κ2) is 7.72. The number of hydrogen-bond acceptors (Lipinski definition) is 3. The van der Waals surface area contributed by atoms with Gasteiger partial charge < -0.3 is 15.0 Å². The second-order valence-electron chi connectivity index (χ2n) is 6.98. The van der Waals surface area contributed by atoms with E-state index in [9.17, 15) is 4.79 Å². The van der Waals surface area contributed by atoms with Gasteiger partial charge in [-0.25, -0.2) is 4.98 Å².